The first-order valence-corrected chi connectivity index (χ1v) is 7.34. The SMILES string of the molecule is CC(C)(C)NCC1COCCN1S(C)(=O)=O. The Morgan fingerprint density at radius 3 is 2.56 bits per heavy atom. The molecule has 1 fully saturated rings. The number of sulfonamides is 1. The van der Waals surface area contributed by atoms with E-state index in [1.807, 2.05) is 0 Å². The van der Waals surface area contributed by atoms with Crippen molar-refractivity contribution in [2.24, 2.45) is 0 Å². The molecule has 96 valence electrons. The van der Waals surface area contributed by atoms with Gasteiger partial charge in [-0.3, -0.25) is 0 Å². The van der Waals surface area contributed by atoms with E-state index in [-0.39, 0.29) is 11.6 Å². The summed E-state index contributed by atoms with van der Waals surface area (Å²) in [6.45, 7) is 8.20. The molecule has 0 spiro atoms. The third kappa shape index (κ3) is 4.37. The molecule has 1 unspecified atom stereocenters. The highest BCUT2D eigenvalue weighted by Gasteiger charge is 2.30. The fraction of sp³-hybridized carbons (Fsp3) is 1.00. The molecular formula is C10H22N2O3S. The topological polar surface area (TPSA) is 58.6 Å². The van der Waals surface area contributed by atoms with Crippen LogP contribution in [0.4, 0.5) is 0 Å². The number of morpholine rings is 1. The largest absolute Gasteiger partial charge is 0.378 e. The number of rotatable bonds is 3. The number of ether oxygens (including phenoxy) is 1. The molecule has 0 saturated carbocycles. The van der Waals surface area contributed by atoms with Crippen molar-refractivity contribution in [1.29, 1.82) is 0 Å². The molecule has 1 heterocycles. The highest BCUT2D eigenvalue weighted by Crippen LogP contribution is 2.11. The maximum Gasteiger partial charge on any atom is 0.211 e. The monoisotopic (exact) mass is 250 g/mol. The highest BCUT2D eigenvalue weighted by atomic mass is 32.2. The van der Waals surface area contributed by atoms with Crippen LogP contribution in [-0.2, 0) is 14.8 Å². The summed E-state index contributed by atoms with van der Waals surface area (Å²) in [6, 6.07) is -0.0945. The molecule has 0 aromatic carbocycles. The van der Waals surface area contributed by atoms with Gasteiger partial charge >= 0.3 is 0 Å². The van der Waals surface area contributed by atoms with Crippen LogP contribution in [0.3, 0.4) is 0 Å². The average molecular weight is 250 g/mol. The molecule has 1 saturated heterocycles. The Morgan fingerprint density at radius 1 is 1.44 bits per heavy atom. The van der Waals surface area contributed by atoms with Gasteiger partial charge in [-0.1, -0.05) is 0 Å². The lowest BCUT2D eigenvalue weighted by molar-refractivity contribution is 0.0311. The van der Waals surface area contributed by atoms with E-state index in [0.717, 1.165) is 0 Å². The third-order valence-corrected chi connectivity index (χ3v) is 3.80. The summed E-state index contributed by atoms with van der Waals surface area (Å²) in [5, 5.41) is 3.31. The maximum absolute atomic E-state index is 11.6. The van der Waals surface area contributed by atoms with Crippen LogP contribution < -0.4 is 5.32 Å². The van der Waals surface area contributed by atoms with Crippen molar-refractivity contribution < 1.29 is 13.2 Å². The van der Waals surface area contributed by atoms with Crippen molar-refractivity contribution in [3.63, 3.8) is 0 Å². The van der Waals surface area contributed by atoms with Gasteiger partial charge in [0.2, 0.25) is 10.0 Å². The molecule has 0 aromatic rings. The van der Waals surface area contributed by atoms with E-state index in [0.29, 0.717) is 26.3 Å². The Morgan fingerprint density at radius 2 is 2.06 bits per heavy atom. The lowest BCUT2D eigenvalue weighted by Gasteiger charge is -2.35. The maximum atomic E-state index is 11.6. The summed E-state index contributed by atoms with van der Waals surface area (Å²) >= 11 is 0. The van der Waals surface area contributed by atoms with Gasteiger partial charge in [-0.15, -0.1) is 0 Å². The molecule has 0 aromatic heterocycles. The molecule has 1 aliphatic heterocycles. The van der Waals surface area contributed by atoms with Gasteiger partial charge in [0.1, 0.15) is 0 Å². The summed E-state index contributed by atoms with van der Waals surface area (Å²) < 4.78 is 30.0. The predicted octanol–water partition coefficient (Wildman–Crippen LogP) is 0.0349. The Labute approximate surface area is 98.2 Å². The second-order valence-electron chi connectivity index (χ2n) is 5.23. The first kappa shape index (κ1) is 13.9. The van der Waals surface area contributed by atoms with Crippen LogP contribution in [0, 0.1) is 0 Å². The minimum atomic E-state index is -3.13. The van der Waals surface area contributed by atoms with Crippen molar-refractivity contribution in [3.05, 3.63) is 0 Å². The molecule has 1 rings (SSSR count). The third-order valence-electron chi connectivity index (χ3n) is 2.47. The summed E-state index contributed by atoms with van der Waals surface area (Å²) in [4.78, 5) is 0. The quantitative estimate of drug-likeness (QED) is 0.768. The van der Waals surface area contributed by atoms with Crippen LogP contribution in [0.15, 0.2) is 0 Å². The highest BCUT2D eigenvalue weighted by molar-refractivity contribution is 7.88. The first-order valence-electron chi connectivity index (χ1n) is 5.50. The van der Waals surface area contributed by atoms with Gasteiger partial charge < -0.3 is 10.1 Å². The smallest absolute Gasteiger partial charge is 0.211 e. The van der Waals surface area contributed by atoms with E-state index in [4.69, 9.17) is 4.74 Å². The minimum Gasteiger partial charge on any atom is -0.378 e. The normalized spacial score (nSPS) is 24.6. The van der Waals surface area contributed by atoms with Crippen molar-refractivity contribution in [1.82, 2.24) is 9.62 Å². The zero-order valence-corrected chi connectivity index (χ0v) is 11.3. The summed E-state index contributed by atoms with van der Waals surface area (Å²) in [5.74, 6) is 0. The zero-order chi connectivity index (χ0) is 12.4. The van der Waals surface area contributed by atoms with Crippen LogP contribution in [0.5, 0.6) is 0 Å². The first-order chi connectivity index (χ1) is 7.20. The van der Waals surface area contributed by atoms with Crippen LogP contribution in [0.2, 0.25) is 0 Å². The van der Waals surface area contributed by atoms with Crippen molar-refractivity contribution in [2.75, 3.05) is 32.6 Å². The molecule has 16 heavy (non-hydrogen) atoms. The fourth-order valence-corrected chi connectivity index (χ4v) is 2.74. The van der Waals surface area contributed by atoms with Gasteiger partial charge in [0, 0.05) is 18.6 Å². The standard InChI is InChI=1S/C10H22N2O3S/c1-10(2,3)11-7-9-8-15-6-5-12(9)16(4,13)14/h9,11H,5-8H2,1-4H3. The summed E-state index contributed by atoms with van der Waals surface area (Å²) in [5.41, 5.74) is -0.0133. The molecule has 0 bridgehead atoms. The second kappa shape index (κ2) is 5.00. The number of hydrogen-bond donors (Lipinski definition) is 1. The Kier molecular flexibility index (Phi) is 4.34. The van der Waals surface area contributed by atoms with Crippen molar-refractivity contribution >= 4 is 10.0 Å². The van der Waals surface area contributed by atoms with Gasteiger partial charge in [-0.2, -0.15) is 4.31 Å². The van der Waals surface area contributed by atoms with E-state index in [1.165, 1.54) is 10.6 Å². The van der Waals surface area contributed by atoms with Crippen molar-refractivity contribution in [3.8, 4) is 0 Å². The molecule has 0 aliphatic carbocycles. The summed E-state index contributed by atoms with van der Waals surface area (Å²) in [6.07, 6.45) is 1.25. The molecule has 5 nitrogen and oxygen atoms in total. The molecule has 0 radical (unpaired) electrons. The van der Waals surface area contributed by atoms with Gasteiger partial charge in [-0.25, -0.2) is 8.42 Å². The van der Waals surface area contributed by atoms with E-state index in [1.54, 1.807) is 0 Å². The van der Waals surface area contributed by atoms with Crippen LogP contribution in [-0.4, -0.2) is 56.9 Å². The van der Waals surface area contributed by atoms with Crippen molar-refractivity contribution in [2.45, 2.75) is 32.4 Å². The zero-order valence-electron chi connectivity index (χ0n) is 10.5. The molecule has 1 aliphatic rings. The van der Waals surface area contributed by atoms with Gasteiger partial charge in [0.15, 0.2) is 0 Å². The van der Waals surface area contributed by atoms with Gasteiger partial charge in [0.25, 0.3) is 0 Å². The van der Waals surface area contributed by atoms with Crippen LogP contribution in [0.1, 0.15) is 20.8 Å². The van der Waals surface area contributed by atoms with E-state index < -0.39 is 10.0 Å². The lowest BCUT2D eigenvalue weighted by Crippen LogP contribution is -2.54. The fourth-order valence-electron chi connectivity index (χ4n) is 1.66. The van der Waals surface area contributed by atoms with E-state index >= 15 is 0 Å². The molecular weight excluding hydrogens is 228 g/mol. The lowest BCUT2D eigenvalue weighted by atomic mass is 10.1. The molecule has 1 atom stereocenters. The predicted molar refractivity (Wildman–Crippen MR) is 63.9 cm³/mol. The van der Waals surface area contributed by atoms with Gasteiger partial charge in [0.05, 0.1) is 25.5 Å². The van der Waals surface area contributed by atoms with E-state index in [9.17, 15) is 8.42 Å². The Balaban J connectivity index is 2.62. The van der Waals surface area contributed by atoms with Crippen LogP contribution >= 0.6 is 0 Å². The number of nitrogens with one attached hydrogen (secondary N) is 1. The second-order valence-corrected chi connectivity index (χ2v) is 7.17. The number of nitrogens with zero attached hydrogens (tertiary/aromatic N) is 1. The van der Waals surface area contributed by atoms with E-state index in [2.05, 4.69) is 26.1 Å². The van der Waals surface area contributed by atoms with Crippen LogP contribution in [0.25, 0.3) is 0 Å². The summed E-state index contributed by atoms with van der Waals surface area (Å²) in [7, 11) is -3.13. The Hall–Kier alpha value is -0.170. The molecule has 6 heteroatoms. The molecule has 0 amide bonds. The number of hydrogen-bond acceptors (Lipinski definition) is 4. The van der Waals surface area contributed by atoms with Gasteiger partial charge in [-0.05, 0) is 20.8 Å². The Bertz CT molecular complexity index is 321. The minimum absolute atomic E-state index is 0.0133. The molecule has 1 N–H and O–H groups in total. The average Bonchev–Trinajstić information content (AvgIpc) is 2.12.